The number of hydrogen-bond acceptors (Lipinski definition) is 5. The van der Waals surface area contributed by atoms with Gasteiger partial charge in [-0.15, -0.1) is 0 Å². The molecule has 2 aliphatic rings. The summed E-state index contributed by atoms with van der Waals surface area (Å²) >= 11 is 0. The van der Waals surface area contributed by atoms with Crippen molar-refractivity contribution in [3.05, 3.63) is 71.5 Å². The summed E-state index contributed by atoms with van der Waals surface area (Å²) in [4.78, 5) is 34.1. The Morgan fingerprint density at radius 1 is 1.12 bits per heavy atom. The predicted molar refractivity (Wildman–Crippen MR) is 147 cm³/mol. The maximum absolute atomic E-state index is 14.0. The molecule has 0 radical (unpaired) electrons. The van der Waals surface area contributed by atoms with Crippen molar-refractivity contribution < 1.29 is 22.8 Å². The maximum atomic E-state index is 14.0. The molecule has 1 atom stereocenters. The molecule has 214 valence electrons. The minimum Gasteiger partial charge on any atom is -0.370 e. The minimum atomic E-state index is -4.55. The molecule has 8 nitrogen and oxygen atoms in total. The third-order valence-corrected chi connectivity index (χ3v) is 8.33. The number of alkyl halides is 3. The summed E-state index contributed by atoms with van der Waals surface area (Å²) in [5.74, 6) is -0.191. The van der Waals surface area contributed by atoms with E-state index >= 15 is 0 Å². The molecule has 41 heavy (non-hydrogen) atoms. The number of nitriles is 1. The van der Waals surface area contributed by atoms with Crippen molar-refractivity contribution >= 4 is 17.5 Å². The highest BCUT2D eigenvalue weighted by Gasteiger charge is 2.45. The highest BCUT2D eigenvalue weighted by molar-refractivity contribution is 5.89. The Labute approximate surface area is 236 Å². The Morgan fingerprint density at radius 3 is 2.44 bits per heavy atom. The lowest BCUT2D eigenvalue weighted by atomic mass is 9.72. The third kappa shape index (κ3) is 5.51. The SMILES string of the molecule is CC(=O)N1CC[C@H](NC(=O)C2(c3ccc(-c4cccn4C)nc3)CCN(c3ccc(C(F)(F)F)cc3C#N)CC2)C1. The fourth-order valence-corrected chi connectivity index (χ4v) is 5.90. The van der Waals surface area contributed by atoms with Crippen LogP contribution in [0.3, 0.4) is 0 Å². The van der Waals surface area contributed by atoms with Gasteiger partial charge < -0.3 is 19.7 Å². The number of benzene rings is 1. The summed E-state index contributed by atoms with van der Waals surface area (Å²) in [6.45, 7) is 3.26. The summed E-state index contributed by atoms with van der Waals surface area (Å²) in [6.07, 6.45) is 0.522. The van der Waals surface area contributed by atoms with Crippen LogP contribution < -0.4 is 10.2 Å². The molecule has 5 rings (SSSR count). The lowest BCUT2D eigenvalue weighted by Crippen LogP contribution is -2.54. The second-order valence-corrected chi connectivity index (χ2v) is 10.8. The largest absolute Gasteiger partial charge is 0.416 e. The van der Waals surface area contributed by atoms with Crippen LogP contribution in [-0.2, 0) is 28.2 Å². The van der Waals surface area contributed by atoms with Crippen molar-refractivity contribution in [2.24, 2.45) is 7.05 Å². The number of anilines is 1. The molecule has 1 aromatic carbocycles. The van der Waals surface area contributed by atoms with E-state index < -0.39 is 17.2 Å². The van der Waals surface area contributed by atoms with Gasteiger partial charge >= 0.3 is 6.18 Å². The van der Waals surface area contributed by atoms with Gasteiger partial charge in [-0.2, -0.15) is 18.4 Å². The molecule has 0 bridgehead atoms. The summed E-state index contributed by atoms with van der Waals surface area (Å²) in [7, 11) is 1.93. The number of carbonyl (C=O) groups excluding carboxylic acids is 2. The van der Waals surface area contributed by atoms with Crippen LogP contribution in [-0.4, -0.2) is 58.5 Å². The summed E-state index contributed by atoms with van der Waals surface area (Å²) in [6, 6.07) is 12.6. The number of amides is 2. The average molecular weight is 565 g/mol. The van der Waals surface area contributed by atoms with Gasteiger partial charge in [-0.3, -0.25) is 14.6 Å². The zero-order chi connectivity index (χ0) is 29.4. The number of halogens is 3. The van der Waals surface area contributed by atoms with Gasteiger partial charge in [0.05, 0.1) is 33.6 Å². The molecule has 2 aromatic heterocycles. The number of likely N-dealkylation sites (tertiary alicyclic amines) is 1. The number of carbonyl (C=O) groups is 2. The van der Waals surface area contributed by atoms with Crippen LogP contribution in [0.4, 0.5) is 18.9 Å². The molecule has 4 heterocycles. The molecule has 0 aliphatic carbocycles. The van der Waals surface area contributed by atoms with Gasteiger partial charge in [0.1, 0.15) is 6.07 Å². The minimum absolute atomic E-state index is 0.0323. The fourth-order valence-electron chi connectivity index (χ4n) is 5.90. The van der Waals surface area contributed by atoms with Crippen LogP contribution in [0.25, 0.3) is 11.4 Å². The Balaban J connectivity index is 1.42. The van der Waals surface area contributed by atoms with Crippen molar-refractivity contribution in [1.82, 2.24) is 19.8 Å². The number of nitrogens with zero attached hydrogens (tertiary/aromatic N) is 5. The van der Waals surface area contributed by atoms with Crippen LogP contribution in [0, 0.1) is 11.3 Å². The molecule has 11 heteroatoms. The van der Waals surface area contributed by atoms with E-state index in [1.165, 1.54) is 13.0 Å². The Kier molecular flexibility index (Phi) is 7.51. The molecule has 0 saturated carbocycles. The second-order valence-electron chi connectivity index (χ2n) is 10.8. The number of rotatable bonds is 5. The standard InChI is InChI=1S/C30H31F3N6O2/c1-20(40)39-13-9-24(19-39)36-28(41)29(23-5-7-25(35-18-23)27-4-3-12-37(27)2)10-14-38(15-11-29)26-8-6-22(30(31,32)33)16-21(26)17-34/h3-8,12,16,18,24H,9-11,13-15,19H2,1-2H3,(H,36,41)/t24-/m0/s1. The molecular formula is C30H31F3N6O2. The van der Waals surface area contributed by atoms with E-state index in [-0.39, 0.29) is 23.4 Å². The summed E-state index contributed by atoms with van der Waals surface area (Å²) in [5, 5.41) is 12.8. The first-order chi connectivity index (χ1) is 19.5. The zero-order valence-corrected chi connectivity index (χ0v) is 22.9. The smallest absolute Gasteiger partial charge is 0.370 e. The number of aromatic nitrogens is 2. The van der Waals surface area contributed by atoms with Gasteiger partial charge in [-0.25, -0.2) is 0 Å². The Hall–Kier alpha value is -4.33. The van der Waals surface area contributed by atoms with E-state index in [0.29, 0.717) is 51.1 Å². The van der Waals surface area contributed by atoms with E-state index in [2.05, 4.69) is 10.3 Å². The molecule has 0 unspecified atom stereocenters. The molecule has 2 saturated heterocycles. The molecule has 0 spiro atoms. The van der Waals surface area contributed by atoms with Crippen LogP contribution in [0.2, 0.25) is 0 Å². The van der Waals surface area contributed by atoms with E-state index in [0.717, 1.165) is 29.1 Å². The fraction of sp³-hybridized carbons (Fsp3) is 0.400. The first kappa shape index (κ1) is 28.2. The van der Waals surface area contributed by atoms with Gasteiger partial charge in [0, 0.05) is 58.6 Å². The number of piperidine rings is 1. The Morgan fingerprint density at radius 2 is 1.88 bits per heavy atom. The Bertz CT molecular complexity index is 1480. The maximum Gasteiger partial charge on any atom is 0.416 e. The van der Waals surface area contributed by atoms with Crippen LogP contribution in [0.5, 0.6) is 0 Å². The highest BCUT2D eigenvalue weighted by atomic mass is 19.4. The number of hydrogen-bond donors (Lipinski definition) is 1. The lowest BCUT2D eigenvalue weighted by molar-refractivity contribution is -0.137. The van der Waals surface area contributed by atoms with Crippen molar-refractivity contribution in [2.75, 3.05) is 31.1 Å². The predicted octanol–water partition coefficient (Wildman–Crippen LogP) is 4.25. The van der Waals surface area contributed by atoms with Crippen LogP contribution in [0.1, 0.15) is 42.9 Å². The number of nitrogens with one attached hydrogen (secondary N) is 1. The summed E-state index contributed by atoms with van der Waals surface area (Å²) < 4.78 is 41.7. The molecule has 2 amide bonds. The van der Waals surface area contributed by atoms with E-state index in [1.54, 1.807) is 11.1 Å². The summed E-state index contributed by atoms with van der Waals surface area (Å²) in [5.41, 5.74) is 1.02. The first-order valence-corrected chi connectivity index (χ1v) is 13.5. The van der Waals surface area contributed by atoms with E-state index in [9.17, 15) is 28.0 Å². The van der Waals surface area contributed by atoms with Crippen molar-refractivity contribution in [3.8, 4) is 17.5 Å². The van der Waals surface area contributed by atoms with Crippen molar-refractivity contribution in [1.29, 1.82) is 5.26 Å². The molecular weight excluding hydrogens is 533 g/mol. The monoisotopic (exact) mass is 564 g/mol. The topological polar surface area (TPSA) is 94.3 Å². The quantitative estimate of drug-likeness (QED) is 0.500. The number of pyridine rings is 1. The van der Waals surface area contributed by atoms with E-state index in [4.69, 9.17) is 0 Å². The molecule has 2 aliphatic heterocycles. The first-order valence-electron chi connectivity index (χ1n) is 13.5. The van der Waals surface area contributed by atoms with Gasteiger partial charge in [0.25, 0.3) is 0 Å². The van der Waals surface area contributed by atoms with E-state index in [1.807, 2.05) is 53.0 Å². The second kappa shape index (κ2) is 10.9. The third-order valence-electron chi connectivity index (χ3n) is 8.33. The van der Waals surface area contributed by atoms with Gasteiger partial charge in [-0.1, -0.05) is 6.07 Å². The van der Waals surface area contributed by atoms with Gasteiger partial charge in [0.15, 0.2) is 0 Å². The van der Waals surface area contributed by atoms with Gasteiger partial charge in [-0.05, 0) is 61.2 Å². The van der Waals surface area contributed by atoms with Crippen molar-refractivity contribution in [3.63, 3.8) is 0 Å². The number of aryl methyl sites for hydroxylation is 1. The lowest BCUT2D eigenvalue weighted by Gasteiger charge is -2.42. The van der Waals surface area contributed by atoms with Crippen LogP contribution in [0.15, 0.2) is 54.9 Å². The van der Waals surface area contributed by atoms with Crippen LogP contribution >= 0.6 is 0 Å². The zero-order valence-electron chi connectivity index (χ0n) is 22.9. The van der Waals surface area contributed by atoms with Crippen molar-refractivity contribution in [2.45, 2.75) is 43.8 Å². The molecule has 2 fully saturated rings. The van der Waals surface area contributed by atoms with Gasteiger partial charge in [0.2, 0.25) is 11.8 Å². The normalized spacial score (nSPS) is 18.7. The average Bonchev–Trinajstić information content (AvgIpc) is 3.61. The highest BCUT2D eigenvalue weighted by Crippen LogP contribution is 2.40. The molecule has 1 N–H and O–H groups in total. The molecule has 3 aromatic rings.